The molecular formula is C12H15F2NO4S. The largest absolute Gasteiger partial charge is 0.480 e. The van der Waals surface area contributed by atoms with Crippen molar-refractivity contribution in [1.29, 1.82) is 0 Å². The molecule has 20 heavy (non-hydrogen) atoms. The van der Waals surface area contributed by atoms with Crippen LogP contribution >= 0.6 is 0 Å². The Bertz CT molecular complexity index is 583. The van der Waals surface area contributed by atoms with Crippen molar-refractivity contribution in [3.05, 3.63) is 29.8 Å². The summed E-state index contributed by atoms with van der Waals surface area (Å²) in [4.78, 5) is 10.4. The molecule has 2 N–H and O–H groups in total. The van der Waals surface area contributed by atoms with E-state index in [2.05, 4.69) is 0 Å². The number of halogens is 2. The molecule has 112 valence electrons. The third kappa shape index (κ3) is 3.97. The molecule has 0 saturated heterocycles. The molecule has 1 rings (SSSR count). The maximum atomic E-state index is 13.0. The minimum Gasteiger partial charge on any atom is -0.480 e. The van der Waals surface area contributed by atoms with Gasteiger partial charge in [0, 0.05) is 6.07 Å². The van der Waals surface area contributed by atoms with Crippen LogP contribution in [0.3, 0.4) is 0 Å². The number of rotatable bonds is 6. The zero-order chi connectivity index (χ0) is 15.5. The molecule has 0 aliphatic carbocycles. The highest BCUT2D eigenvalue weighted by Crippen LogP contribution is 2.16. The fraction of sp³-hybridized carbons (Fsp3) is 0.417. The smallest absolute Gasteiger partial charge is 0.322 e. The predicted molar refractivity (Wildman–Crippen MR) is 67.6 cm³/mol. The zero-order valence-corrected chi connectivity index (χ0v) is 11.7. The number of hydrogen-bond donors (Lipinski definition) is 2. The van der Waals surface area contributed by atoms with Crippen molar-refractivity contribution in [2.45, 2.75) is 31.2 Å². The molecule has 0 fully saturated rings. The van der Waals surface area contributed by atoms with Gasteiger partial charge in [0.1, 0.15) is 17.7 Å². The molecule has 0 amide bonds. The van der Waals surface area contributed by atoms with E-state index < -0.39 is 44.5 Å². The van der Waals surface area contributed by atoms with Crippen molar-refractivity contribution in [3.63, 3.8) is 0 Å². The van der Waals surface area contributed by atoms with Gasteiger partial charge in [0.05, 0.1) is 4.90 Å². The van der Waals surface area contributed by atoms with Crippen molar-refractivity contribution in [1.82, 2.24) is 4.72 Å². The normalized spacial score (nSPS) is 14.8. The number of carbonyl (C=O) groups is 1. The fourth-order valence-electron chi connectivity index (χ4n) is 1.56. The van der Waals surface area contributed by atoms with E-state index in [4.69, 9.17) is 5.11 Å². The predicted octanol–water partition coefficient (Wildman–Crippen LogP) is 1.74. The lowest BCUT2D eigenvalue weighted by Gasteiger charge is -2.20. The monoisotopic (exact) mass is 307 g/mol. The van der Waals surface area contributed by atoms with Gasteiger partial charge >= 0.3 is 5.97 Å². The summed E-state index contributed by atoms with van der Waals surface area (Å²) in [7, 11) is -4.32. The summed E-state index contributed by atoms with van der Waals surface area (Å²) in [5, 5.41) is 9.02. The maximum absolute atomic E-state index is 13.0. The van der Waals surface area contributed by atoms with Gasteiger partial charge in [0.25, 0.3) is 0 Å². The Balaban J connectivity index is 3.13. The van der Waals surface area contributed by atoms with E-state index in [1.54, 1.807) is 13.8 Å². The van der Waals surface area contributed by atoms with E-state index in [1.165, 1.54) is 0 Å². The van der Waals surface area contributed by atoms with Gasteiger partial charge < -0.3 is 5.11 Å². The summed E-state index contributed by atoms with van der Waals surface area (Å²) >= 11 is 0. The second kappa shape index (κ2) is 6.27. The molecule has 2 atom stereocenters. The summed E-state index contributed by atoms with van der Waals surface area (Å²) in [5.74, 6) is -3.93. The van der Waals surface area contributed by atoms with Crippen LogP contribution in [0.2, 0.25) is 0 Å². The second-order valence-electron chi connectivity index (χ2n) is 4.43. The third-order valence-corrected chi connectivity index (χ3v) is 4.33. The van der Waals surface area contributed by atoms with Crippen LogP contribution < -0.4 is 4.72 Å². The summed E-state index contributed by atoms with van der Waals surface area (Å²) < 4.78 is 51.9. The van der Waals surface area contributed by atoms with Crippen LogP contribution in [0.5, 0.6) is 0 Å². The number of hydrogen-bond acceptors (Lipinski definition) is 3. The van der Waals surface area contributed by atoms with Gasteiger partial charge in [-0.1, -0.05) is 20.3 Å². The zero-order valence-electron chi connectivity index (χ0n) is 10.9. The molecule has 0 spiro atoms. The van der Waals surface area contributed by atoms with Gasteiger partial charge in [-0.3, -0.25) is 4.79 Å². The average molecular weight is 307 g/mol. The van der Waals surface area contributed by atoms with Crippen LogP contribution in [-0.2, 0) is 14.8 Å². The van der Waals surface area contributed by atoms with E-state index >= 15 is 0 Å². The van der Waals surface area contributed by atoms with Gasteiger partial charge in [-0.2, -0.15) is 4.72 Å². The Morgan fingerprint density at radius 3 is 2.20 bits per heavy atom. The standard InChI is InChI=1S/C12H15F2NO4S/c1-3-7(2)11(12(16)17)15-20(18,19)10-5-8(13)4-9(14)6-10/h4-7,11,15H,3H2,1-2H3,(H,16,17)/t7-,11-/m0/s1. The Labute approximate surface area is 115 Å². The quantitative estimate of drug-likeness (QED) is 0.838. The van der Waals surface area contributed by atoms with Crippen molar-refractivity contribution in [2.75, 3.05) is 0 Å². The Morgan fingerprint density at radius 2 is 1.80 bits per heavy atom. The Morgan fingerprint density at radius 1 is 1.30 bits per heavy atom. The molecule has 0 radical (unpaired) electrons. The van der Waals surface area contributed by atoms with E-state index in [0.717, 1.165) is 0 Å². The topological polar surface area (TPSA) is 83.5 Å². The lowest BCUT2D eigenvalue weighted by atomic mass is 10.0. The molecule has 0 aliphatic heterocycles. The Hall–Kier alpha value is -1.54. The van der Waals surface area contributed by atoms with Gasteiger partial charge in [0.2, 0.25) is 10.0 Å². The summed E-state index contributed by atoms with van der Waals surface area (Å²) in [5.41, 5.74) is 0. The molecule has 5 nitrogen and oxygen atoms in total. The molecule has 0 aliphatic rings. The van der Waals surface area contributed by atoms with Crippen LogP contribution in [0, 0.1) is 17.6 Å². The number of aliphatic carboxylic acids is 1. The number of carboxylic acid groups (broad SMARTS) is 1. The molecule has 8 heteroatoms. The number of carboxylic acids is 1. The first kappa shape index (κ1) is 16.5. The van der Waals surface area contributed by atoms with Gasteiger partial charge in [-0.05, 0) is 18.1 Å². The molecule has 1 aromatic rings. The van der Waals surface area contributed by atoms with Crippen LogP contribution in [0.25, 0.3) is 0 Å². The minimum absolute atomic E-state index is 0.428. The SMILES string of the molecule is CC[C@H](C)[C@H](NS(=O)(=O)c1cc(F)cc(F)c1)C(=O)O. The first-order chi connectivity index (χ1) is 9.17. The number of sulfonamides is 1. The van der Waals surface area contributed by atoms with Crippen LogP contribution in [0.4, 0.5) is 8.78 Å². The summed E-state index contributed by atoms with van der Waals surface area (Å²) in [6.07, 6.45) is 0.428. The van der Waals surface area contributed by atoms with Gasteiger partial charge in [-0.25, -0.2) is 17.2 Å². The summed E-state index contributed by atoms with van der Waals surface area (Å²) in [6.45, 7) is 3.27. The third-order valence-electron chi connectivity index (χ3n) is 2.91. The lowest BCUT2D eigenvalue weighted by molar-refractivity contribution is -0.140. The molecular weight excluding hydrogens is 292 g/mol. The molecule has 0 unspecified atom stereocenters. The lowest BCUT2D eigenvalue weighted by Crippen LogP contribution is -2.44. The highest BCUT2D eigenvalue weighted by molar-refractivity contribution is 7.89. The van der Waals surface area contributed by atoms with Crippen molar-refractivity contribution in [2.24, 2.45) is 5.92 Å². The first-order valence-corrected chi connectivity index (χ1v) is 7.37. The first-order valence-electron chi connectivity index (χ1n) is 5.88. The van der Waals surface area contributed by atoms with Crippen molar-refractivity contribution < 1.29 is 27.1 Å². The van der Waals surface area contributed by atoms with Crippen molar-refractivity contribution >= 4 is 16.0 Å². The molecule has 0 heterocycles. The maximum Gasteiger partial charge on any atom is 0.322 e. The summed E-state index contributed by atoms with van der Waals surface area (Å²) in [6, 6.07) is 0.417. The van der Waals surface area contributed by atoms with E-state index in [0.29, 0.717) is 24.6 Å². The molecule has 0 bridgehead atoms. The van der Waals surface area contributed by atoms with Crippen LogP contribution in [-0.4, -0.2) is 25.5 Å². The van der Waals surface area contributed by atoms with Gasteiger partial charge in [0.15, 0.2) is 0 Å². The van der Waals surface area contributed by atoms with Crippen LogP contribution in [0.15, 0.2) is 23.1 Å². The van der Waals surface area contributed by atoms with E-state index in [-0.39, 0.29) is 0 Å². The van der Waals surface area contributed by atoms with E-state index in [1.807, 2.05) is 4.72 Å². The van der Waals surface area contributed by atoms with Gasteiger partial charge in [-0.15, -0.1) is 0 Å². The number of benzene rings is 1. The average Bonchev–Trinajstić information content (AvgIpc) is 2.33. The van der Waals surface area contributed by atoms with Crippen molar-refractivity contribution in [3.8, 4) is 0 Å². The Kier molecular flexibility index (Phi) is 5.18. The van der Waals surface area contributed by atoms with E-state index in [9.17, 15) is 22.0 Å². The highest BCUT2D eigenvalue weighted by Gasteiger charge is 2.29. The molecule has 0 saturated carbocycles. The minimum atomic E-state index is -4.32. The highest BCUT2D eigenvalue weighted by atomic mass is 32.2. The molecule has 1 aromatic carbocycles. The second-order valence-corrected chi connectivity index (χ2v) is 6.14. The number of nitrogens with one attached hydrogen (secondary N) is 1. The van der Waals surface area contributed by atoms with Crippen LogP contribution in [0.1, 0.15) is 20.3 Å². The fourth-order valence-corrected chi connectivity index (χ4v) is 2.90. The molecule has 0 aromatic heterocycles.